The molecule has 15 heavy (non-hydrogen) atoms. The van der Waals surface area contributed by atoms with Crippen LogP contribution in [0.4, 0.5) is 5.82 Å². The molecule has 0 atom stereocenters. The smallest absolute Gasteiger partial charge is 0.358 e. The van der Waals surface area contributed by atoms with E-state index in [-0.39, 0.29) is 11.2 Å². The van der Waals surface area contributed by atoms with Crippen molar-refractivity contribution in [3.63, 3.8) is 0 Å². The number of thiol groups is 1. The van der Waals surface area contributed by atoms with Gasteiger partial charge >= 0.3 is 5.82 Å². The Morgan fingerprint density at radius 2 is 2.40 bits per heavy atom. The van der Waals surface area contributed by atoms with Gasteiger partial charge in [-0.25, -0.2) is 0 Å². The molecular formula is C8H10BrN3O2S. The molecule has 82 valence electrons. The SMILES string of the molecule is O=[N+]([O-])c1nn(CC2(CS)CC2)cc1Br. The van der Waals surface area contributed by atoms with Crippen molar-refractivity contribution in [2.75, 3.05) is 5.75 Å². The fourth-order valence-corrected chi connectivity index (χ4v) is 2.35. The minimum Gasteiger partial charge on any atom is -0.358 e. The van der Waals surface area contributed by atoms with E-state index in [1.807, 2.05) is 0 Å². The van der Waals surface area contributed by atoms with Gasteiger partial charge in [-0.1, -0.05) is 0 Å². The summed E-state index contributed by atoms with van der Waals surface area (Å²) in [4.78, 5) is 10.1. The van der Waals surface area contributed by atoms with Gasteiger partial charge in [0.05, 0.1) is 17.8 Å². The molecule has 0 bridgehead atoms. The first kappa shape index (κ1) is 10.9. The fraction of sp³-hybridized carbons (Fsp3) is 0.625. The molecule has 1 aliphatic carbocycles. The molecule has 1 fully saturated rings. The predicted molar refractivity (Wildman–Crippen MR) is 62.1 cm³/mol. The number of nitrogens with zero attached hydrogens (tertiary/aromatic N) is 3. The lowest BCUT2D eigenvalue weighted by Gasteiger charge is -2.07. The van der Waals surface area contributed by atoms with Crippen LogP contribution in [-0.2, 0) is 6.54 Å². The third kappa shape index (κ3) is 2.17. The van der Waals surface area contributed by atoms with E-state index in [1.54, 1.807) is 10.9 Å². The maximum atomic E-state index is 10.6. The number of halogens is 1. The molecule has 0 radical (unpaired) electrons. The summed E-state index contributed by atoms with van der Waals surface area (Å²) in [6.45, 7) is 0.711. The molecule has 0 N–H and O–H groups in total. The summed E-state index contributed by atoms with van der Waals surface area (Å²) < 4.78 is 2.06. The van der Waals surface area contributed by atoms with Gasteiger partial charge in [0, 0.05) is 5.41 Å². The molecule has 2 rings (SSSR count). The van der Waals surface area contributed by atoms with Crippen LogP contribution in [0.1, 0.15) is 12.8 Å². The Morgan fingerprint density at radius 1 is 1.73 bits per heavy atom. The minimum atomic E-state index is -0.485. The average Bonchev–Trinajstić information content (AvgIpc) is 2.84. The van der Waals surface area contributed by atoms with E-state index in [1.165, 1.54) is 0 Å². The maximum Gasteiger partial charge on any atom is 0.404 e. The van der Waals surface area contributed by atoms with Gasteiger partial charge in [0.1, 0.15) is 4.47 Å². The van der Waals surface area contributed by atoms with E-state index in [2.05, 4.69) is 33.7 Å². The molecule has 0 saturated heterocycles. The lowest BCUT2D eigenvalue weighted by atomic mass is 10.1. The zero-order valence-corrected chi connectivity index (χ0v) is 10.4. The Hall–Kier alpha value is -0.560. The number of nitro groups is 1. The van der Waals surface area contributed by atoms with Crippen molar-refractivity contribution in [2.24, 2.45) is 5.41 Å². The van der Waals surface area contributed by atoms with E-state index in [4.69, 9.17) is 0 Å². The first-order valence-corrected chi connectivity index (χ1v) is 5.97. The molecule has 0 amide bonds. The highest BCUT2D eigenvalue weighted by Gasteiger charge is 2.42. The molecule has 7 heteroatoms. The summed E-state index contributed by atoms with van der Waals surface area (Å²) in [6, 6.07) is 0. The summed E-state index contributed by atoms with van der Waals surface area (Å²) in [7, 11) is 0. The first-order chi connectivity index (χ1) is 7.06. The van der Waals surface area contributed by atoms with Crippen molar-refractivity contribution in [3.05, 3.63) is 20.8 Å². The van der Waals surface area contributed by atoms with Gasteiger partial charge < -0.3 is 10.1 Å². The van der Waals surface area contributed by atoms with Crippen LogP contribution in [-0.4, -0.2) is 20.5 Å². The Kier molecular flexibility index (Phi) is 2.76. The summed E-state index contributed by atoms with van der Waals surface area (Å²) in [5, 5.41) is 14.5. The number of rotatable bonds is 4. The van der Waals surface area contributed by atoms with Gasteiger partial charge in [-0.3, -0.25) is 0 Å². The van der Waals surface area contributed by atoms with Gasteiger partial charge in [0.15, 0.2) is 0 Å². The van der Waals surface area contributed by atoms with Crippen LogP contribution >= 0.6 is 28.6 Å². The molecule has 1 aromatic heterocycles. The van der Waals surface area contributed by atoms with Crippen LogP contribution in [0, 0.1) is 15.5 Å². The molecule has 0 aromatic carbocycles. The van der Waals surface area contributed by atoms with Crippen molar-refractivity contribution in [1.29, 1.82) is 0 Å². The molecule has 1 saturated carbocycles. The Labute approximate surface area is 101 Å². The molecule has 5 nitrogen and oxygen atoms in total. The van der Waals surface area contributed by atoms with Crippen molar-refractivity contribution < 1.29 is 4.92 Å². The Balaban J connectivity index is 2.16. The number of aromatic nitrogens is 2. The Morgan fingerprint density at radius 3 is 2.80 bits per heavy atom. The zero-order chi connectivity index (χ0) is 11.1. The molecule has 1 aliphatic rings. The van der Waals surface area contributed by atoms with E-state index in [9.17, 15) is 10.1 Å². The highest BCUT2D eigenvalue weighted by Crippen LogP contribution is 2.48. The van der Waals surface area contributed by atoms with E-state index in [0.29, 0.717) is 11.0 Å². The van der Waals surface area contributed by atoms with Crippen LogP contribution in [0.2, 0.25) is 0 Å². The largest absolute Gasteiger partial charge is 0.404 e. The van der Waals surface area contributed by atoms with Gasteiger partial charge in [-0.2, -0.15) is 17.3 Å². The highest BCUT2D eigenvalue weighted by molar-refractivity contribution is 9.10. The third-order valence-corrected chi connectivity index (χ3v) is 3.89. The lowest BCUT2D eigenvalue weighted by molar-refractivity contribution is -0.390. The van der Waals surface area contributed by atoms with Gasteiger partial charge in [-0.05, 0) is 39.4 Å². The van der Waals surface area contributed by atoms with Crippen molar-refractivity contribution >= 4 is 34.4 Å². The van der Waals surface area contributed by atoms with Gasteiger partial charge in [-0.15, -0.1) is 0 Å². The second-order valence-corrected chi connectivity index (χ2v) is 5.08. The average molecular weight is 292 g/mol. The molecule has 1 heterocycles. The standard InChI is InChI=1S/C8H10BrN3O2S/c9-6-3-11(10-7(6)12(13)14)4-8(5-15)1-2-8/h3,15H,1-2,4-5H2. The van der Waals surface area contributed by atoms with Crippen LogP contribution in [0.5, 0.6) is 0 Å². The molecule has 1 aromatic rings. The molecular weight excluding hydrogens is 282 g/mol. The maximum absolute atomic E-state index is 10.6. The van der Waals surface area contributed by atoms with E-state index >= 15 is 0 Å². The normalized spacial score (nSPS) is 17.7. The van der Waals surface area contributed by atoms with Crippen LogP contribution in [0.25, 0.3) is 0 Å². The highest BCUT2D eigenvalue weighted by atomic mass is 79.9. The Bertz CT molecular complexity index is 403. The summed E-state index contributed by atoms with van der Waals surface area (Å²) >= 11 is 7.40. The second-order valence-electron chi connectivity index (χ2n) is 3.91. The van der Waals surface area contributed by atoms with Crippen LogP contribution in [0.3, 0.4) is 0 Å². The quantitative estimate of drug-likeness (QED) is 0.526. The van der Waals surface area contributed by atoms with Crippen molar-refractivity contribution in [1.82, 2.24) is 9.78 Å². The summed E-state index contributed by atoms with van der Waals surface area (Å²) in [5.41, 5.74) is 0.211. The minimum absolute atomic E-state index is 0.120. The predicted octanol–water partition coefficient (Wildman–Crippen LogP) is 2.26. The number of hydrogen-bond donors (Lipinski definition) is 1. The van der Waals surface area contributed by atoms with E-state index in [0.717, 1.165) is 18.6 Å². The molecule has 0 spiro atoms. The summed E-state index contributed by atoms with van der Waals surface area (Å²) in [5.74, 6) is 0.683. The second kappa shape index (κ2) is 3.79. The lowest BCUT2D eigenvalue weighted by Crippen LogP contribution is -2.13. The van der Waals surface area contributed by atoms with Crippen molar-refractivity contribution in [3.8, 4) is 0 Å². The zero-order valence-electron chi connectivity index (χ0n) is 7.89. The number of hydrogen-bond acceptors (Lipinski definition) is 4. The van der Waals surface area contributed by atoms with Crippen LogP contribution < -0.4 is 0 Å². The molecule has 0 unspecified atom stereocenters. The van der Waals surface area contributed by atoms with Crippen LogP contribution in [0.15, 0.2) is 10.7 Å². The monoisotopic (exact) mass is 291 g/mol. The molecule has 0 aliphatic heterocycles. The first-order valence-electron chi connectivity index (χ1n) is 4.54. The van der Waals surface area contributed by atoms with Gasteiger partial charge in [0.25, 0.3) is 0 Å². The fourth-order valence-electron chi connectivity index (χ4n) is 1.48. The summed E-state index contributed by atoms with van der Waals surface area (Å²) in [6.07, 6.45) is 3.91. The van der Waals surface area contributed by atoms with Crippen molar-refractivity contribution in [2.45, 2.75) is 19.4 Å². The topological polar surface area (TPSA) is 61.0 Å². The van der Waals surface area contributed by atoms with E-state index < -0.39 is 4.92 Å². The van der Waals surface area contributed by atoms with Gasteiger partial charge in [0.2, 0.25) is 0 Å². The third-order valence-electron chi connectivity index (χ3n) is 2.66.